The molecule has 32 heavy (non-hydrogen) atoms. The Labute approximate surface area is 187 Å². The maximum absolute atomic E-state index is 12.1. The Kier molecular flexibility index (Phi) is 7.04. The Balaban J connectivity index is 1.16. The summed E-state index contributed by atoms with van der Waals surface area (Å²) in [6, 6.07) is 8.91. The van der Waals surface area contributed by atoms with Crippen LogP contribution in [0.2, 0.25) is 5.02 Å². The third-order valence-electron chi connectivity index (χ3n) is 5.43. The summed E-state index contributed by atoms with van der Waals surface area (Å²) in [4.78, 5) is 12.1. The van der Waals surface area contributed by atoms with Crippen molar-refractivity contribution in [1.82, 2.24) is 10.5 Å². The fraction of sp³-hybridized carbons (Fsp3) is 0.524. The molecule has 1 aromatic carbocycles. The predicted molar refractivity (Wildman–Crippen MR) is 107 cm³/mol. The van der Waals surface area contributed by atoms with Crippen LogP contribution >= 0.6 is 11.6 Å². The van der Waals surface area contributed by atoms with Crippen molar-refractivity contribution >= 4 is 17.5 Å². The Hall–Kier alpha value is -2.14. The molecule has 7 nitrogen and oxygen atoms in total. The topological polar surface area (TPSA) is 82.8 Å². The SMILES string of the molecule is O=C(COC1CC(OC(F)(F)F)C1)N[C@H]1CC[C@H](c2cc(-c3ccc(Cl)cc3)no2)OC1. The van der Waals surface area contributed by atoms with Gasteiger partial charge in [0.2, 0.25) is 5.91 Å². The van der Waals surface area contributed by atoms with Gasteiger partial charge >= 0.3 is 6.36 Å². The number of hydrogen-bond donors (Lipinski definition) is 1. The monoisotopic (exact) mass is 474 g/mol. The zero-order chi connectivity index (χ0) is 22.7. The van der Waals surface area contributed by atoms with Crippen LogP contribution < -0.4 is 5.32 Å². The molecule has 0 radical (unpaired) electrons. The van der Waals surface area contributed by atoms with E-state index in [-0.39, 0.29) is 37.5 Å². The molecule has 1 aliphatic carbocycles. The van der Waals surface area contributed by atoms with Gasteiger partial charge in [0, 0.05) is 29.5 Å². The van der Waals surface area contributed by atoms with E-state index >= 15 is 0 Å². The second-order valence-electron chi connectivity index (χ2n) is 7.88. The van der Waals surface area contributed by atoms with Gasteiger partial charge in [-0.15, -0.1) is 13.2 Å². The molecule has 2 fully saturated rings. The van der Waals surface area contributed by atoms with E-state index in [1.165, 1.54) is 0 Å². The van der Waals surface area contributed by atoms with Crippen LogP contribution in [-0.4, -0.2) is 48.9 Å². The first-order valence-corrected chi connectivity index (χ1v) is 10.6. The first-order valence-electron chi connectivity index (χ1n) is 10.2. The number of rotatable bonds is 7. The summed E-state index contributed by atoms with van der Waals surface area (Å²) in [7, 11) is 0. The molecule has 2 aliphatic rings. The summed E-state index contributed by atoms with van der Waals surface area (Å²) in [5.41, 5.74) is 1.57. The predicted octanol–water partition coefficient (Wildman–Crippen LogP) is 4.42. The molecule has 1 aromatic heterocycles. The maximum atomic E-state index is 12.1. The first-order chi connectivity index (χ1) is 15.2. The van der Waals surface area contributed by atoms with Crippen LogP contribution in [0.25, 0.3) is 11.3 Å². The molecule has 0 spiro atoms. The summed E-state index contributed by atoms with van der Waals surface area (Å²) < 4.78 is 56.8. The number of nitrogens with one attached hydrogen (secondary N) is 1. The Morgan fingerprint density at radius 3 is 2.59 bits per heavy atom. The van der Waals surface area contributed by atoms with Crippen molar-refractivity contribution in [3.8, 4) is 11.3 Å². The number of hydrogen-bond acceptors (Lipinski definition) is 6. The molecule has 174 valence electrons. The van der Waals surface area contributed by atoms with Gasteiger partial charge in [-0.25, -0.2) is 0 Å². The van der Waals surface area contributed by atoms with Crippen molar-refractivity contribution < 1.29 is 36.7 Å². The van der Waals surface area contributed by atoms with Crippen LogP contribution in [0.15, 0.2) is 34.9 Å². The number of ether oxygens (including phenoxy) is 3. The number of alkyl halides is 3. The normalized spacial score (nSPS) is 25.9. The quantitative estimate of drug-likeness (QED) is 0.640. The molecule has 2 aromatic rings. The van der Waals surface area contributed by atoms with Crippen LogP contribution in [0, 0.1) is 0 Å². The third kappa shape index (κ3) is 6.22. The van der Waals surface area contributed by atoms with E-state index in [1.807, 2.05) is 18.2 Å². The number of carbonyl (C=O) groups excluding carboxylic acids is 1. The van der Waals surface area contributed by atoms with E-state index in [9.17, 15) is 18.0 Å². The lowest BCUT2D eigenvalue weighted by Crippen LogP contribution is -2.45. The highest BCUT2D eigenvalue weighted by Gasteiger charge is 2.40. The zero-order valence-corrected chi connectivity index (χ0v) is 17.7. The molecule has 4 rings (SSSR count). The van der Waals surface area contributed by atoms with Gasteiger partial charge in [-0.1, -0.05) is 28.9 Å². The van der Waals surface area contributed by atoms with Crippen molar-refractivity contribution in [1.29, 1.82) is 0 Å². The molecule has 2 heterocycles. The van der Waals surface area contributed by atoms with E-state index in [0.717, 1.165) is 5.56 Å². The largest absolute Gasteiger partial charge is 0.522 e. The fourth-order valence-corrected chi connectivity index (χ4v) is 3.82. The number of amides is 1. The van der Waals surface area contributed by atoms with E-state index in [2.05, 4.69) is 15.2 Å². The van der Waals surface area contributed by atoms with Crippen molar-refractivity contribution in [3.05, 3.63) is 41.1 Å². The summed E-state index contributed by atoms with van der Waals surface area (Å²) in [5, 5.41) is 7.54. The molecule has 1 saturated heterocycles. The average molecular weight is 475 g/mol. The molecule has 1 N–H and O–H groups in total. The van der Waals surface area contributed by atoms with Gasteiger partial charge in [0.15, 0.2) is 5.76 Å². The molecule has 0 unspecified atom stereocenters. The molecular formula is C21H22ClF3N2O5. The summed E-state index contributed by atoms with van der Waals surface area (Å²) in [5.74, 6) is 0.283. The smallest absolute Gasteiger partial charge is 0.368 e. The minimum atomic E-state index is -4.64. The summed E-state index contributed by atoms with van der Waals surface area (Å²) in [6.45, 7) is 0.0915. The highest BCUT2D eigenvalue weighted by Crippen LogP contribution is 2.33. The van der Waals surface area contributed by atoms with Crippen molar-refractivity contribution in [3.63, 3.8) is 0 Å². The van der Waals surface area contributed by atoms with Gasteiger partial charge in [-0.05, 0) is 25.0 Å². The van der Waals surface area contributed by atoms with Crippen molar-refractivity contribution in [2.75, 3.05) is 13.2 Å². The van der Waals surface area contributed by atoms with Crippen molar-refractivity contribution in [2.24, 2.45) is 0 Å². The minimum Gasteiger partial charge on any atom is -0.368 e. The van der Waals surface area contributed by atoms with Gasteiger partial charge in [0.05, 0.1) is 24.9 Å². The molecular weight excluding hydrogens is 453 g/mol. The van der Waals surface area contributed by atoms with Crippen LogP contribution in [-0.2, 0) is 19.0 Å². The second kappa shape index (κ2) is 9.78. The van der Waals surface area contributed by atoms with Gasteiger partial charge in [0.25, 0.3) is 0 Å². The van der Waals surface area contributed by atoms with E-state index < -0.39 is 18.6 Å². The third-order valence-corrected chi connectivity index (χ3v) is 5.68. The number of carbonyl (C=O) groups is 1. The van der Waals surface area contributed by atoms with Gasteiger partial charge in [0.1, 0.15) is 18.4 Å². The minimum absolute atomic E-state index is 0.121. The number of halogens is 4. The molecule has 1 amide bonds. The maximum Gasteiger partial charge on any atom is 0.522 e. The molecule has 0 bridgehead atoms. The van der Waals surface area contributed by atoms with Crippen LogP contribution in [0.3, 0.4) is 0 Å². The number of benzene rings is 1. The summed E-state index contributed by atoms with van der Waals surface area (Å²) in [6.07, 6.45) is -4.64. The van der Waals surface area contributed by atoms with Gasteiger partial charge in [-0.3, -0.25) is 9.53 Å². The summed E-state index contributed by atoms with van der Waals surface area (Å²) >= 11 is 5.90. The zero-order valence-electron chi connectivity index (χ0n) is 16.9. The van der Waals surface area contributed by atoms with E-state index in [1.54, 1.807) is 12.1 Å². The van der Waals surface area contributed by atoms with Crippen LogP contribution in [0.4, 0.5) is 13.2 Å². The van der Waals surface area contributed by atoms with Gasteiger partial charge in [-0.2, -0.15) is 0 Å². The van der Waals surface area contributed by atoms with Crippen LogP contribution in [0.5, 0.6) is 0 Å². The van der Waals surface area contributed by atoms with E-state index in [4.69, 9.17) is 25.6 Å². The van der Waals surface area contributed by atoms with Crippen LogP contribution in [0.1, 0.15) is 37.5 Å². The van der Waals surface area contributed by atoms with Gasteiger partial charge < -0.3 is 19.3 Å². The lowest BCUT2D eigenvalue weighted by Gasteiger charge is -2.35. The Bertz CT molecular complexity index is 907. The first kappa shape index (κ1) is 23.0. The number of nitrogens with zero attached hydrogens (tertiary/aromatic N) is 1. The average Bonchev–Trinajstić information content (AvgIpc) is 3.20. The Morgan fingerprint density at radius 1 is 1.19 bits per heavy atom. The lowest BCUT2D eigenvalue weighted by molar-refractivity contribution is -0.357. The number of aromatic nitrogens is 1. The molecule has 1 saturated carbocycles. The Morgan fingerprint density at radius 2 is 1.94 bits per heavy atom. The highest BCUT2D eigenvalue weighted by atomic mass is 35.5. The fourth-order valence-electron chi connectivity index (χ4n) is 3.69. The second-order valence-corrected chi connectivity index (χ2v) is 8.31. The molecule has 11 heteroatoms. The highest BCUT2D eigenvalue weighted by molar-refractivity contribution is 6.30. The lowest BCUT2D eigenvalue weighted by atomic mass is 9.92. The standard InChI is InChI=1S/C21H22ClF3N2O5/c22-13-3-1-12(2-4-13)17-9-19(32-27-17)18-6-5-14(10-30-18)26-20(28)11-29-15-7-16(8-15)31-21(23,24)25/h1-4,9,14-16,18H,5-8,10-11H2,(H,26,28)/t14-,15?,16?,18+/m0/s1. The van der Waals surface area contributed by atoms with E-state index in [0.29, 0.717) is 35.9 Å². The van der Waals surface area contributed by atoms with Crippen molar-refractivity contribution in [2.45, 2.75) is 56.4 Å². The molecule has 2 atom stereocenters. The molecule has 1 aliphatic heterocycles.